The summed E-state index contributed by atoms with van der Waals surface area (Å²) in [5, 5.41) is 11.7. The minimum atomic E-state index is -0.839. The molecule has 0 bridgehead atoms. The van der Waals surface area contributed by atoms with Crippen LogP contribution in [0.15, 0.2) is 91.0 Å². The second-order valence-electron chi connectivity index (χ2n) is 7.32. The molecule has 3 aromatic carbocycles. The number of likely N-dealkylation sites (tertiary alicyclic amines) is 1. The van der Waals surface area contributed by atoms with Crippen LogP contribution in [-0.2, 0) is 5.60 Å². The SMILES string of the molecule is CN1[C@@H](c2ccccc2)CC(O)(c2ccccc2)C[C@H]1c1ccccc1. The number of piperidine rings is 1. The molecule has 26 heavy (non-hydrogen) atoms. The maximum absolute atomic E-state index is 11.7. The quantitative estimate of drug-likeness (QED) is 0.716. The van der Waals surface area contributed by atoms with Crippen LogP contribution in [0.4, 0.5) is 0 Å². The molecule has 4 rings (SSSR count). The van der Waals surface area contributed by atoms with Crippen molar-refractivity contribution in [2.75, 3.05) is 7.05 Å². The highest BCUT2D eigenvalue weighted by Crippen LogP contribution is 2.49. The summed E-state index contributed by atoms with van der Waals surface area (Å²) < 4.78 is 0. The van der Waals surface area contributed by atoms with Gasteiger partial charge in [-0.3, -0.25) is 4.90 Å². The molecule has 1 fully saturated rings. The van der Waals surface area contributed by atoms with Crippen LogP contribution in [0.1, 0.15) is 41.6 Å². The molecule has 0 aromatic heterocycles. The highest BCUT2D eigenvalue weighted by molar-refractivity contribution is 5.30. The topological polar surface area (TPSA) is 23.5 Å². The fourth-order valence-corrected chi connectivity index (χ4v) is 4.27. The molecule has 1 unspecified atom stereocenters. The molecule has 0 saturated carbocycles. The Bertz CT molecular complexity index is 782. The average molecular weight is 343 g/mol. The Hall–Kier alpha value is -2.42. The lowest BCUT2D eigenvalue weighted by atomic mass is 9.74. The summed E-state index contributed by atoms with van der Waals surface area (Å²) in [4.78, 5) is 2.42. The van der Waals surface area contributed by atoms with Crippen molar-refractivity contribution in [1.82, 2.24) is 4.90 Å². The van der Waals surface area contributed by atoms with E-state index in [9.17, 15) is 5.11 Å². The summed E-state index contributed by atoms with van der Waals surface area (Å²) in [5.41, 5.74) is 2.68. The van der Waals surface area contributed by atoms with Crippen LogP contribution in [-0.4, -0.2) is 17.1 Å². The van der Waals surface area contributed by atoms with E-state index in [2.05, 4.69) is 72.6 Å². The summed E-state index contributed by atoms with van der Waals surface area (Å²) in [6, 6.07) is 31.5. The monoisotopic (exact) mass is 343 g/mol. The van der Waals surface area contributed by atoms with Gasteiger partial charge in [-0.2, -0.15) is 0 Å². The van der Waals surface area contributed by atoms with Gasteiger partial charge in [0.05, 0.1) is 5.60 Å². The lowest BCUT2D eigenvalue weighted by Gasteiger charge is -2.48. The molecule has 0 amide bonds. The summed E-state index contributed by atoms with van der Waals surface area (Å²) in [5.74, 6) is 0. The van der Waals surface area contributed by atoms with Gasteiger partial charge in [0.15, 0.2) is 0 Å². The third-order valence-electron chi connectivity index (χ3n) is 5.73. The lowest BCUT2D eigenvalue weighted by Crippen LogP contribution is -2.44. The highest BCUT2D eigenvalue weighted by atomic mass is 16.3. The van der Waals surface area contributed by atoms with Crippen molar-refractivity contribution in [3.05, 3.63) is 108 Å². The zero-order valence-electron chi connectivity index (χ0n) is 15.1. The zero-order valence-corrected chi connectivity index (χ0v) is 15.1. The van der Waals surface area contributed by atoms with Crippen LogP contribution in [0.25, 0.3) is 0 Å². The van der Waals surface area contributed by atoms with Gasteiger partial charge in [0.2, 0.25) is 0 Å². The summed E-state index contributed by atoms with van der Waals surface area (Å²) >= 11 is 0. The van der Waals surface area contributed by atoms with E-state index in [1.54, 1.807) is 0 Å². The van der Waals surface area contributed by atoms with E-state index >= 15 is 0 Å². The second kappa shape index (κ2) is 7.06. The Morgan fingerprint density at radius 3 is 1.50 bits per heavy atom. The third kappa shape index (κ3) is 3.18. The molecule has 1 heterocycles. The molecule has 0 radical (unpaired) electrons. The van der Waals surface area contributed by atoms with E-state index < -0.39 is 5.60 Å². The lowest BCUT2D eigenvalue weighted by molar-refractivity contribution is -0.0739. The molecular weight excluding hydrogens is 318 g/mol. The van der Waals surface area contributed by atoms with Gasteiger partial charge in [-0.15, -0.1) is 0 Å². The number of aliphatic hydroxyl groups is 1. The molecule has 1 N–H and O–H groups in total. The Morgan fingerprint density at radius 1 is 0.692 bits per heavy atom. The average Bonchev–Trinajstić information content (AvgIpc) is 2.71. The van der Waals surface area contributed by atoms with E-state index in [1.165, 1.54) is 11.1 Å². The van der Waals surface area contributed by atoms with Crippen LogP contribution in [0, 0.1) is 0 Å². The molecule has 1 saturated heterocycles. The zero-order chi connectivity index (χ0) is 18.0. The fraction of sp³-hybridized carbons (Fsp3) is 0.250. The smallest absolute Gasteiger partial charge is 0.0933 e. The van der Waals surface area contributed by atoms with Crippen LogP contribution < -0.4 is 0 Å². The van der Waals surface area contributed by atoms with Crippen LogP contribution in [0.5, 0.6) is 0 Å². The van der Waals surface area contributed by atoms with E-state index in [0.717, 1.165) is 5.56 Å². The van der Waals surface area contributed by atoms with Crippen molar-refractivity contribution < 1.29 is 5.11 Å². The molecule has 1 aliphatic rings. The van der Waals surface area contributed by atoms with E-state index in [1.807, 2.05) is 30.3 Å². The molecule has 3 aromatic rings. The molecule has 1 aliphatic heterocycles. The van der Waals surface area contributed by atoms with Gasteiger partial charge in [-0.05, 0) is 23.7 Å². The first-order valence-electron chi connectivity index (χ1n) is 9.27. The number of hydrogen-bond acceptors (Lipinski definition) is 2. The Balaban J connectivity index is 1.78. The highest BCUT2D eigenvalue weighted by Gasteiger charge is 2.44. The van der Waals surface area contributed by atoms with Crippen LogP contribution in [0.2, 0.25) is 0 Å². The van der Waals surface area contributed by atoms with Crippen molar-refractivity contribution in [3.8, 4) is 0 Å². The molecule has 2 heteroatoms. The Kier molecular flexibility index (Phi) is 4.62. The van der Waals surface area contributed by atoms with Gasteiger partial charge in [-0.25, -0.2) is 0 Å². The number of rotatable bonds is 3. The number of benzene rings is 3. The van der Waals surface area contributed by atoms with Gasteiger partial charge in [-0.1, -0.05) is 91.0 Å². The van der Waals surface area contributed by atoms with Gasteiger partial charge < -0.3 is 5.11 Å². The normalized spacial score (nSPS) is 26.5. The summed E-state index contributed by atoms with van der Waals surface area (Å²) in [6.45, 7) is 0. The van der Waals surface area contributed by atoms with Crippen LogP contribution >= 0.6 is 0 Å². The standard InChI is InChI=1S/C24H25NO/c1-25-22(19-11-5-2-6-12-19)17-24(26,21-15-9-4-10-16-21)18-23(25)20-13-7-3-8-14-20/h2-16,22-23,26H,17-18H2,1H3/t22-,23+,24?. The second-order valence-corrected chi connectivity index (χ2v) is 7.32. The van der Waals surface area contributed by atoms with Crippen molar-refractivity contribution in [3.63, 3.8) is 0 Å². The van der Waals surface area contributed by atoms with Crippen molar-refractivity contribution >= 4 is 0 Å². The molecule has 132 valence electrons. The van der Waals surface area contributed by atoms with Gasteiger partial charge in [0, 0.05) is 24.9 Å². The third-order valence-corrected chi connectivity index (χ3v) is 5.73. The Morgan fingerprint density at radius 2 is 1.08 bits per heavy atom. The maximum atomic E-state index is 11.7. The number of hydrogen-bond donors (Lipinski definition) is 1. The molecular formula is C24H25NO. The maximum Gasteiger partial charge on any atom is 0.0933 e. The van der Waals surface area contributed by atoms with Gasteiger partial charge >= 0.3 is 0 Å². The first-order valence-corrected chi connectivity index (χ1v) is 9.27. The summed E-state index contributed by atoms with van der Waals surface area (Å²) in [6.07, 6.45) is 1.39. The summed E-state index contributed by atoms with van der Waals surface area (Å²) in [7, 11) is 2.18. The van der Waals surface area contributed by atoms with E-state index in [-0.39, 0.29) is 12.1 Å². The molecule has 0 spiro atoms. The van der Waals surface area contributed by atoms with Crippen LogP contribution in [0.3, 0.4) is 0 Å². The van der Waals surface area contributed by atoms with Crippen molar-refractivity contribution in [1.29, 1.82) is 0 Å². The first kappa shape index (κ1) is 17.0. The van der Waals surface area contributed by atoms with Crippen molar-refractivity contribution in [2.24, 2.45) is 0 Å². The fourth-order valence-electron chi connectivity index (χ4n) is 4.27. The van der Waals surface area contributed by atoms with Crippen molar-refractivity contribution in [2.45, 2.75) is 30.5 Å². The molecule has 3 atom stereocenters. The van der Waals surface area contributed by atoms with E-state index in [0.29, 0.717) is 12.8 Å². The predicted molar refractivity (Wildman–Crippen MR) is 106 cm³/mol. The Labute approximate surface area is 155 Å². The number of nitrogens with zero attached hydrogens (tertiary/aromatic N) is 1. The minimum absolute atomic E-state index is 0.167. The van der Waals surface area contributed by atoms with Gasteiger partial charge in [0.1, 0.15) is 0 Å². The largest absolute Gasteiger partial charge is 0.385 e. The molecule has 2 nitrogen and oxygen atoms in total. The molecule has 0 aliphatic carbocycles. The first-order chi connectivity index (χ1) is 12.7. The predicted octanol–water partition coefficient (Wildman–Crippen LogP) is 5.08. The van der Waals surface area contributed by atoms with Gasteiger partial charge in [0.25, 0.3) is 0 Å². The minimum Gasteiger partial charge on any atom is -0.385 e. The van der Waals surface area contributed by atoms with E-state index in [4.69, 9.17) is 0 Å².